The van der Waals surface area contributed by atoms with Gasteiger partial charge in [0.15, 0.2) is 10.3 Å². The first-order valence-corrected chi connectivity index (χ1v) is 8.53. The monoisotopic (exact) mass is 450 g/mol. The van der Waals surface area contributed by atoms with Gasteiger partial charge in [-0.1, -0.05) is 62.0 Å². The minimum atomic E-state index is 0. The van der Waals surface area contributed by atoms with Crippen LogP contribution in [-0.4, -0.2) is 21.8 Å². The number of hydrogen-bond donors (Lipinski definition) is 4. The molecule has 0 aliphatic rings. The molecule has 0 aromatic rings. The zero-order chi connectivity index (χ0) is 13.6. The molecule has 0 bridgehead atoms. The fourth-order valence-corrected chi connectivity index (χ4v) is 2.77. The number of hydrogen-bond acceptors (Lipinski definition) is 4. The summed E-state index contributed by atoms with van der Waals surface area (Å²) in [5.74, 6) is 1.97. The summed E-state index contributed by atoms with van der Waals surface area (Å²) in [7, 11) is 0. The topological polar surface area (TPSA) is 99.7 Å². The van der Waals surface area contributed by atoms with E-state index in [-0.39, 0.29) is 44.3 Å². The van der Waals surface area contributed by atoms with E-state index in [9.17, 15) is 0 Å². The van der Waals surface area contributed by atoms with Gasteiger partial charge in [0.25, 0.3) is 0 Å². The van der Waals surface area contributed by atoms with Gasteiger partial charge < -0.3 is 11.5 Å². The lowest BCUT2D eigenvalue weighted by molar-refractivity contribution is 0.588. The van der Waals surface area contributed by atoms with Crippen molar-refractivity contribution in [2.24, 2.45) is 11.5 Å². The number of unbranched alkanes of at least 4 members (excludes halogenated alkanes) is 7. The minimum absolute atomic E-state index is 0. The van der Waals surface area contributed by atoms with Crippen molar-refractivity contribution in [2.45, 2.75) is 51.4 Å². The Balaban J connectivity index is -0.00000144. The Bertz CT molecular complexity index is 219. The summed E-state index contributed by atoms with van der Waals surface area (Å²) < 4.78 is 0. The highest BCUT2D eigenvalue weighted by molar-refractivity contribution is 8.93. The van der Waals surface area contributed by atoms with E-state index in [0.29, 0.717) is 0 Å². The van der Waals surface area contributed by atoms with Gasteiger partial charge in [-0.2, -0.15) is 0 Å². The van der Waals surface area contributed by atoms with Crippen LogP contribution in [0.15, 0.2) is 0 Å². The summed E-state index contributed by atoms with van der Waals surface area (Å²) in [5.41, 5.74) is 10.5. The first kappa shape index (κ1) is 25.5. The molecule has 0 atom stereocenters. The molecule has 0 aromatic heterocycles. The minimum Gasteiger partial charge on any atom is -0.379 e. The van der Waals surface area contributed by atoms with Crippen LogP contribution in [0.3, 0.4) is 0 Å². The lowest BCUT2D eigenvalue weighted by Gasteiger charge is -2.02. The van der Waals surface area contributed by atoms with Crippen molar-refractivity contribution in [3.05, 3.63) is 0 Å². The zero-order valence-corrected chi connectivity index (χ0v) is 16.9. The lowest BCUT2D eigenvalue weighted by Crippen LogP contribution is -2.04. The van der Waals surface area contributed by atoms with Crippen LogP contribution in [0, 0.1) is 10.8 Å². The van der Waals surface area contributed by atoms with Gasteiger partial charge in [0, 0.05) is 11.5 Å². The highest BCUT2D eigenvalue weighted by atomic mass is 79.9. The molecular formula is C12H28Br2N4S2. The molecule has 4 nitrogen and oxygen atoms in total. The molecular weight excluding hydrogens is 424 g/mol. The van der Waals surface area contributed by atoms with Crippen molar-refractivity contribution in [3.8, 4) is 0 Å². The first-order chi connectivity index (χ1) is 8.63. The van der Waals surface area contributed by atoms with Gasteiger partial charge in [-0.3, -0.25) is 10.8 Å². The SMILES string of the molecule is Br.Br.N=C(N)SCCCCCCCCCCSC(=N)N. The maximum atomic E-state index is 7.07. The van der Waals surface area contributed by atoms with Crippen LogP contribution in [0.5, 0.6) is 0 Å². The Labute approximate surface area is 152 Å². The third-order valence-electron chi connectivity index (χ3n) is 2.55. The van der Waals surface area contributed by atoms with E-state index in [0.717, 1.165) is 11.5 Å². The predicted molar refractivity (Wildman–Crippen MR) is 106 cm³/mol. The summed E-state index contributed by atoms with van der Waals surface area (Å²) in [6.45, 7) is 0. The van der Waals surface area contributed by atoms with Crippen LogP contribution in [-0.2, 0) is 0 Å². The summed E-state index contributed by atoms with van der Waals surface area (Å²) in [4.78, 5) is 0. The Morgan fingerprint density at radius 3 is 1.10 bits per heavy atom. The van der Waals surface area contributed by atoms with Crippen molar-refractivity contribution >= 4 is 67.8 Å². The Morgan fingerprint density at radius 1 is 0.600 bits per heavy atom. The average Bonchev–Trinajstić information content (AvgIpc) is 2.29. The lowest BCUT2D eigenvalue weighted by atomic mass is 10.1. The van der Waals surface area contributed by atoms with Crippen molar-refractivity contribution in [1.29, 1.82) is 10.8 Å². The quantitative estimate of drug-likeness (QED) is 0.211. The molecule has 0 aliphatic heterocycles. The molecule has 0 unspecified atom stereocenters. The Hall–Kier alpha value is 0.600. The second-order valence-corrected chi connectivity index (χ2v) is 6.53. The van der Waals surface area contributed by atoms with Gasteiger partial charge in [0.2, 0.25) is 0 Å². The molecule has 0 amide bonds. The summed E-state index contributed by atoms with van der Waals surface area (Å²) in [6.07, 6.45) is 10.0. The predicted octanol–water partition coefficient (Wildman–Crippen LogP) is 4.52. The van der Waals surface area contributed by atoms with Gasteiger partial charge in [-0.05, 0) is 12.8 Å². The van der Waals surface area contributed by atoms with E-state index in [1.54, 1.807) is 0 Å². The van der Waals surface area contributed by atoms with Crippen LogP contribution in [0.4, 0.5) is 0 Å². The van der Waals surface area contributed by atoms with Crippen molar-refractivity contribution in [1.82, 2.24) is 0 Å². The number of thioether (sulfide) groups is 2. The molecule has 0 saturated heterocycles. The molecule has 0 saturated carbocycles. The maximum absolute atomic E-state index is 7.07. The van der Waals surface area contributed by atoms with Crippen LogP contribution >= 0.6 is 57.5 Å². The summed E-state index contributed by atoms with van der Waals surface area (Å²) in [5, 5.41) is 14.6. The number of nitrogens with two attached hydrogens (primary N) is 2. The maximum Gasteiger partial charge on any atom is 0.151 e. The molecule has 0 aliphatic carbocycles. The van der Waals surface area contributed by atoms with Crippen LogP contribution in [0.1, 0.15) is 51.4 Å². The Kier molecular flexibility index (Phi) is 25.0. The molecule has 0 aromatic carbocycles. The number of rotatable bonds is 11. The molecule has 0 heterocycles. The van der Waals surface area contributed by atoms with Crippen molar-refractivity contribution < 1.29 is 0 Å². The molecule has 0 spiro atoms. The second kappa shape index (κ2) is 19.6. The molecule has 0 rings (SSSR count). The van der Waals surface area contributed by atoms with Crippen LogP contribution in [0.2, 0.25) is 0 Å². The largest absolute Gasteiger partial charge is 0.379 e. The molecule has 8 heteroatoms. The van der Waals surface area contributed by atoms with Gasteiger partial charge in [-0.25, -0.2) is 0 Å². The Morgan fingerprint density at radius 2 is 0.850 bits per heavy atom. The van der Waals surface area contributed by atoms with E-state index >= 15 is 0 Å². The second-order valence-electron chi connectivity index (χ2n) is 4.25. The highest BCUT2D eigenvalue weighted by Crippen LogP contribution is 2.12. The van der Waals surface area contributed by atoms with E-state index in [4.69, 9.17) is 22.3 Å². The number of nitrogens with one attached hydrogen (secondary N) is 2. The van der Waals surface area contributed by atoms with Crippen LogP contribution in [0.25, 0.3) is 0 Å². The molecule has 6 N–H and O–H groups in total. The van der Waals surface area contributed by atoms with Crippen molar-refractivity contribution in [2.75, 3.05) is 11.5 Å². The number of halogens is 2. The summed E-state index contributed by atoms with van der Waals surface area (Å²) >= 11 is 2.88. The normalized spacial score (nSPS) is 9.40. The highest BCUT2D eigenvalue weighted by Gasteiger charge is 1.95. The average molecular weight is 452 g/mol. The molecule has 20 heavy (non-hydrogen) atoms. The van der Waals surface area contributed by atoms with Gasteiger partial charge in [-0.15, -0.1) is 34.0 Å². The van der Waals surface area contributed by atoms with Crippen LogP contribution < -0.4 is 11.5 Å². The van der Waals surface area contributed by atoms with E-state index in [1.807, 2.05) is 0 Å². The molecule has 122 valence electrons. The third-order valence-corrected chi connectivity index (χ3v) is 4.16. The van der Waals surface area contributed by atoms with E-state index in [1.165, 1.54) is 74.9 Å². The molecule has 0 fully saturated rings. The van der Waals surface area contributed by atoms with Gasteiger partial charge in [0.1, 0.15) is 0 Å². The van der Waals surface area contributed by atoms with Gasteiger partial charge >= 0.3 is 0 Å². The summed E-state index contributed by atoms with van der Waals surface area (Å²) in [6, 6.07) is 0. The first-order valence-electron chi connectivity index (χ1n) is 6.56. The standard InChI is InChI=1S/C12H26N4S2.2BrH/c13-11(14)17-9-7-5-3-1-2-4-6-8-10-18-12(15)16;;/h1-10H2,(H3,13,14)(H3,15,16);2*1H. The third kappa shape index (κ3) is 23.7. The van der Waals surface area contributed by atoms with Crippen molar-refractivity contribution in [3.63, 3.8) is 0 Å². The molecule has 0 radical (unpaired) electrons. The fraction of sp³-hybridized carbons (Fsp3) is 0.833. The van der Waals surface area contributed by atoms with Gasteiger partial charge in [0.05, 0.1) is 0 Å². The number of amidine groups is 2. The van der Waals surface area contributed by atoms with E-state index in [2.05, 4.69) is 0 Å². The smallest absolute Gasteiger partial charge is 0.151 e. The van der Waals surface area contributed by atoms with E-state index < -0.39 is 0 Å². The zero-order valence-electron chi connectivity index (χ0n) is 11.9. The fourth-order valence-electron chi connectivity index (χ4n) is 1.63.